The van der Waals surface area contributed by atoms with E-state index >= 15 is 0 Å². The minimum Gasteiger partial charge on any atom is -0.378 e. The minimum atomic E-state index is -0.270. The summed E-state index contributed by atoms with van der Waals surface area (Å²) in [7, 11) is 0. The lowest BCUT2D eigenvalue weighted by Gasteiger charge is -2.29. The average Bonchev–Trinajstić information content (AvgIpc) is 2.71. The summed E-state index contributed by atoms with van der Waals surface area (Å²) in [6.07, 6.45) is 1.41. The monoisotopic (exact) mass is 364 g/mol. The summed E-state index contributed by atoms with van der Waals surface area (Å²) in [6.45, 7) is 2.98. The van der Waals surface area contributed by atoms with Crippen molar-refractivity contribution in [1.82, 2.24) is 9.55 Å². The Bertz CT molecular complexity index is 1020. The second-order valence-electron chi connectivity index (χ2n) is 6.39. The molecule has 1 aliphatic rings. The van der Waals surface area contributed by atoms with E-state index in [1.165, 1.54) is 10.9 Å². The van der Waals surface area contributed by atoms with Crippen LogP contribution in [0.4, 0.5) is 11.4 Å². The molecule has 1 N–H and O–H groups in total. The molecule has 0 bridgehead atoms. The van der Waals surface area contributed by atoms with Gasteiger partial charge in [-0.3, -0.25) is 14.2 Å². The van der Waals surface area contributed by atoms with Crippen molar-refractivity contribution in [2.45, 2.75) is 6.54 Å². The van der Waals surface area contributed by atoms with Gasteiger partial charge in [0, 0.05) is 24.5 Å². The number of carbonyl (C=O) groups excluding carboxylic acids is 1. The topological polar surface area (TPSA) is 76.5 Å². The Balaban J connectivity index is 1.48. The van der Waals surface area contributed by atoms with E-state index in [2.05, 4.69) is 15.2 Å². The van der Waals surface area contributed by atoms with Gasteiger partial charge < -0.3 is 15.0 Å². The Morgan fingerprint density at radius 1 is 1.11 bits per heavy atom. The first-order valence-electron chi connectivity index (χ1n) is 8.87. The summed E-state index contributed by atoms with van der Waals surface area (Å²) in [4.78, 5) is 31.4. The van der Waals surface area contributed by atoms with Crippen LogP contribution in [0, 0.1) is 0 Å². The number of hydrogen-bond donors (Lipinski definition) is 1. The number of morpholine rings is 1. The first kappa shape index (κ1) is 17.2. The summed E-state index contributed by atoms with van der Waals surface area (Å²) in [6, 6.07) is 14.8. The van der Waals surface area contributed by atoms with Crippen LogP contribution >= 0.6 is 0 Å². The van der Waals surface area contributed by atoms with E-state index in [9.17, 15) is 9.59 Å². The van der Waals surface area contributed by atoms with Crippen LogP contribution < -0.4 is 15.8 Å². The van der Waals surface area contributed by atoms with Crippen LogP contribution in [0.3, 0.4) is 0 Å². The maximum atomic E-state index is 12.5. The number of hydrogen-bond acceptors (Lipinski definition) is 5. The molecule has 0 atom stereocenters. The van der Waals surface area contributed by atoms with E-state index in [-0.39, 0.29) is 18.0 Å². The van der Waals surface area contributed by atoms with Crippen LogP contribution in [-0.4, -0.2) is 41.8 Å². The molecule has 27 heavy (non-hydrogen) atoms. The zero-order valence-corrected chi connectivity index (χ0v) is 14.8. The van der Waals surface area contributed by atoms with Gasteiger partial charge in [-0.1, -0.05) is 18.2 Å². The van der Waals surface area contributed by atoms with Crippen LogP contribution in [0.1, 0.15) is 0 Å². The molecule has 7 heteroatoms. The molecule has 2 heterocycles. The van der Waals surface area contributed by atoms with Crippen molar-refractivity contribution in [3.8, 4) is 0 Å². The van der Waals surface area contributed by atoms with Gasteiger partial charge in [0.1, 0.15) is 6.54 Å². The number of nitrogens with one attached hydrogen (secondary N) is 1. The lowest BCUT2D eigenvalue weighted by atomic mass is 10.2. The second kappa shape index (κ2) is 7.59. The van der Waals surface area contributed by atoms with Crippen molar-refractivity contribution in [1.29, 1.82) is 0 Å². The van der Waals surface area contributed by atoms with E-state index < -0.39 is 0 Å². The molecule has 138 valence electrons. The van der Waals surface area contributed by atoms with Crippen LogP contribution in [0.25, 0.3) is 10.9 Å². The number of ether oxygens (including phenoxy) is 1. The van der Waals surface area contributed by atoms with Gasteiger partial charge in [0.05, 0.1) is 30.4 Å². The van der Waals surface area contributed by atoms with Crippen molar-refractivity contribution in [3.05, 3.63) is 65.2 Å². The molecule has 0 aliphatic carbocycles. The van der Waals surface area contributed by atoms with Crippen LogP contribution in [0.2, 0.25) is 0 Å². The molecule has 3 aromatic rings. The van der Waals surface area contributed by atoms with Gasteiger partial charge in [-0.05, 0) is 30.3 Å². The number of rotatable bonds is 4. The maximum Gasteiger partial charge on any atom is 0.261 e. The van der Waals surface area contributed by atoms with Crippen molar-refractivity contribution in [3.63, 3.8) is 0 Å². The summed E-state index contributed by atoms with van der Waals surface area (Å²) in [5, 5.41) is 3.36. The number of amides is 1. The quantitative estimate of drug-likeness (QED) is 0.765. The third-order valence-corrected chi connectivity index (χ3v) is 4.55. The highest BCUT2D eigenvalue weighted by Gasteiger charge is 2.13. The molecule has 0 spiro atoms. The zero-order chi connectivity index (χ0) is 18.6. The fourth-order valence-electron chi connectivity index (χ4n) is 3.18. The predicted molar refractivity (Wildman–Crippen MR) is 104 cm³/mol. The fraction of sp³-hybridized carbons (Fsp3) is 0.250. The van der Waals surface area contributed by atoms with E-state index in [0.29, 0.717) is 29.8 Å². The van der Waals surface area contributed by atoms with Crippen molar-refractivity contribution in [2.75, 3.05) is 36.5 Å². The maximum absolute atomic E-state index is 12.5. The third kappa shape index (κ3) is 3.83. The van der Waals surface area contributed by atoms with E-state index in [4.69, 9.17) is 4.74 Å². The fourth-order valence-corrected chi connectivity index (χ4v) is 3.18. The molecule has 0 saturated carbocycles. The second-order valence-corrected chi connectivity index (χ2v) is 6.39. The first-order valence-corrected chi connectivity index (χ1v) is 8.87. The number of aromatic nitrogens is 2. The number of para-hydroxylation sites is 1. The van der Waals surface area contributed by atoms with Crippen molar-refractivity contribution in [2.24, 2.45) is 0 Å². The number of nitrogens with zero attached hydrogens (tertiary/aromatic N) is 3. The zero-order valence-electron chi connectivity index (χ0n) is 14.8. The van der Waals surface area contributed by atoms with Crippen LogP contribution in [-0.2, 0) is 16.1 Å². The van der Waals surface area contributed by atoms with Gasteiger partial charge in [0.15, 0.2) is 0 Å². The third-order valence-electron chi connectivity index (χ3n) is 4.55. The molecule has 0 unspecified atom stereocenters. The van der Waals surface area contributed by atoms with Gasteiger partial charge in [0.25, 0.3) is 5.56 Å². The number of fused-ring (bicyclic) bond motifs is 1. The SMILES string of the molecule is O=C(Cn1cnc2ccccc2c1=O)Nc1cccc(N2CCOCC2)c1. The number of carbonyl (C=O) groups is 1. The molecule has 1 aliphatic heterocycles. The summed E-state index contributed by atoms with van der Waals surface area (Å²) in [5.41, 5.74) is 2.14. The summed E-state index contributed by atoms with van der Waals surface area (Å²) in [5.74, 6) is -0.270. The lowest BCUT2D eigenvalue weighted by Crippen LogP contribution is -2.36. The lowest BCUT2D eigenvalue weighted by molar-refractivity contribution is -0.116. The predicted octanol–water partition coefficient (Wildman–Crippen LogP) is 1.87. The molecule has 1 aromatic heterocycles. The molecule has 0 radical (unpaired) electrons. The Hall–Kier alpha value is -3.19. The molecule has 2 aromatic carbocycles. The molecule has 1 saturated heterocycles. The normalized spacial score (nSPS) is 14.3. The summed E-state index contributed by atoms with van der Waals surface area (Å²) < 4.78 is 6.70. The largest absolute Gasteiger partial charge is 0.378 e. The minimum absolute atomic E-state index is 0.0849. The Labute approximate surface area is 156 Å². The Kier molecular flexibility index (Phi) is 4.84. The molecule has 1 fully saturated rings. The summed E-state index contributed by atoms with van der Waals surface area (Å²) >= 11 is 0. The number of anilines is 2. The first-order chi connectivity index (χ1) is 13.2. The smallest absolute Gasteiger partial charge is 0.261 e. The van der Waals surface area contributed by atoms with Gasteiger partial charge in [-0.2, -0.15) is 0 Å². The van der Waals surface area contributed by atoms with Crippen molar-refractivity contribution >= 4 is 28.2 Å². The molecular formula is C20H20N4O3. The molecule has 4 rings (SSSR count). The molecular weight excluding hydrogens is 344 g/mol. The van der Waals surface area contributed by atoms with Gasteiger partial charge in [-0.25, -0.2) is 4.98 Å². The standard InChI is InChI=1S/C20H20N4O3/c25-19(13-24-14-21-18-7-2-1-6-17(18)20(24)26)22-15-4-3-5-16(12-15)23-8-10-27-11-9-23/h1-7,12,14H,8-11,13H2,(H,22,25). The Morgan fingerprint density at radius 2 is 1.93 bits per heavy atom. The van der Waals surface area contributed by atoms with E-state index in [1.807, 2.05) is 30.3 Å². The van der Waals surface area contributed by atoms with E-state index in [0.717, 1.165) is 18.8 Å². The van der Waals surface area contributed by atoms with Gasteiger partial charge in [0.2, 0.25) is 5.91 Å². The van der Waals surface area contributed by atoms with Crippen LogP contribution in [0.5, 0.6) is 0 Å². The van der Waals surface area contributed by atoms with Crippen LogP contribution in [0.15, 0.2) is 59.7 Å². The van der Waals surface area contributed by atoms with Crippen molar-refractivity contribution < 1.29 is 9.53 Å². The van der Waals surface area contributed by atoms with Gasteiger partial charge in [-0.15, -0.1) is 0 Å². The molecule has 7 nitrogen and oxygen atoms in total. The molecule has 1 amide bonds. The average molecular weight is 364 g/mol. The number of benzene rings is 2. The van der Waals surface area contributed by atoms with Gasteiger partial charge >= 0.3 is 0 Å². The van der Waals surface area contributed by atoms with E-state index in [1.54, 1.807) is 18.2 Å². The highest BCUT2D eigenvalue weighted by atomic mass is 16.5. The Morgan fingerprint density at radius 3 is 2.78 bits per heavy atom. The highest BCUT2D eigenvalue weighted by Crippen LogP contribution is 2.20. The highest BCUT2D eigenvalue weighted by molar-refractivity contribution is 5.91.